The normalized spacial score (nSPS) is 12.3. The SMILES string of the molecule is Cc1ccc(-n2cc(Cl)nn2)c(NC(=O)CNC(Cc2ccccc2)C(=O)OC(C)(C)C)c1. The number of rotatable bonds is 8. The Balaban J connectivity index is 1.71. The number of ether oxygens (including phenoxy) is 1. The van der Waals surface area contributed by atoms with Gasteiger partial charge in [0.25, 0.3) is 0 Å². The summed E-state index contributed by atoms with van der Waals surface area (Å²) in [6.07, 6.45) is 1.95. The predicted octanol–water partition coefficient (Wildman–Crippen LogP) is 3.71. The molecule has 1 unspecified atom stereocenters. The van der Waals surface area contributed by atoms with Crippen molar-refractivity contribution < 1.29 is 14.3 Å². The van der Waals surface area contributed by atoms with E-state index in [0.29, 0.717) is 17.8 Å². The van der Waals surface area contributed by atoms with Gasteiger partial charge in [-0.25, -0.2) is 4.68 Å². The van der Waals surface area contributed by atoms with Crippen molar-refractivity contribution in [1.82, 2.24) is 20.3 Å². The van der Waals surface area contributed by atoms with Crippen molar-refractivity contribution in [2.24, 2.45) is 0 Å². The molecule has 9 heteroatoms. The third kappa shape index (κ3) is 7.40. The summed E-state index contributed by atoms with van der Waals surface area (Å²) in [7, 11) is 0. The van der Waals surface area contributed by atoms with E-state index in [1.54, 1.807) is 6.20 Å². The maximum absolute atomic E-state index is 12.8. The molecule has 0 aliphatic carbocycles. The van der Waals surface area contributed by atoms with E-state index in [9.17, 15) is 9.59 Å². The van der Waals surface area contributed by atoms with Crippen LogP contribution in [0.5, 0.6) is 0 Å². The van der Waals surface area contributed by atoms with Crippen molar-refractivity contribution in [3.8, 4) is 5.69 Å². The molecule has 3 rings (SSSR count). The number of hydrogen-bond donors (Lipinski definition) is 2. The third-order valence-electron chi connectivity index (χ3n) is 4.62. The highest BCUT2D eigenvalue weighted by Gasteiger charge is 2.26. The van der Waals surface area contributed by atoms with E-state index in [1.807, 2.05) is 76.2 Å². The zero-order chi connectivity index (χ0) is 24.0. The smallest absolute Gasteiger partial charge is 0.324 e. The first-order valence-electron chi connectivity index (χ1n) is 10.6. The number of nitrogens with one attached hydrogen (secondary N) is 2. The van der Waals surface area contributed by atoms with Crippen molar-refractivity contribution >= 4 is 29.2 Å². The molecule has 2 N–H and O–H groups in total. The van der Waals surface area contributed by atoms with Gasteiger partial charge < -0.3 is 10.1 Å². The fraction of sp³-hybridized carbons (Fsp3) is 0.333. The average Bonchev–Trinajstić information content (AvgIpc) is 3.16. The summed E-state index contributed by atoms with van der Waals surface area (Å²) >= 11 is 5.89. The highest BCUT2D eigenvalue weighted by atomic mass is 35.5. The fourth-order valence-electron chi connectivity index (χ4n) is 3.18. The minimum absolute atomic E-state index is 0.0811. The Morgan fingerprint density at radius 2 is 1.88 bits per heavy atom. The van der Waals surface area contributed by atoms with Crippen LogP contribution in [0.1, 0.15) is 31.9 Å². The van der Waals surface area contributed by atoms with Crippen LogP contribution in [0.15, 0.2) is 54.7 Å². The second-order valence-electron chi connectivity index (χ2n) is 8.71. The number of aryl methyl sites for hydroxylation is 1. The van der Waals surface area contributed by atoms with E-state index >= 15 is 0 Å². The van der Waals surface area contributed by atoms with Crippen LogP contribution in [0, 0.1) is 6.92 Å². The van der Waals surface area contributed by atoms with Crippen molar-refractivity contribution in [3.05, 3.63) is 71.0 Å². The highest BCUT2D eigenvalue weighted by Crippen LogP contribution is 2.22. The van der Waals surface area contributed by atoms with Crippen LogP contribution in [0.4, 0.5) is 5.69 Å². The lowest BCUT2D eigenvalue weighted by Gasteiger charge is -2.24. The lowest BCUT2D eigenvalue weighted by molar-refractivity contribution is -0.157. The second-order valence-corrected chi connectivity index (χ2v) is 9.10. The Morgan fingerprint density at radius 3 is 2.52 bits per heavy atom. The molecule has 0 bridgehead atoms. The number of amides is 1. The Hall–Kier alpha value is -3.23. The first-order chi connectivity index (χ1) is 15.6. The summed E-state index contributed by atoms with van der Waals surface area (Å²) in [5.41, 5.74) is 2.47. The second kappa shape index (κ2) is 10.6. The number of hydrogen-bond acceptors (Lipinski definition) is 6. The van der Waals surface area contributed by atoms with E-state index in [-0.39, 0.29) is 17.6 Å². The number of nitrogens with zero attached hydrogens (tertiary/aromatic N) is 3. The van der Waals surface area contributed by atoms with Crippen LogP contribution in [0.2, 0.25) is 5.15 Å². The molecular formula is C24H28ClN5O3. The van der Waals surface area contributed by atoms with Crippen LogP contribution in [0.25, 0.3) is 5.69 Å². The lowest BCUT2D eigenvalue weighted by atomic mass is 10.1. The van der Waals surface area contributed by atoms with Crippen LogP contribution in [0.3, 0.4) is 0 Å². The quantitative estimate of drug-likeness (QED) is 0.488. The summed E-state index contributed by atoms with van der Waals surface area (Å²) in [6.45, 7) is 7.28. The van der Waals surface area contributed by atoms with Gasteiger partial charge >= 0.3 is 5.97 Å². The summed E-state index contributed by atoms with van der Waals surface area (Å²) in [6, 6.07) is 14.5. The molecule has 0 saturated carbocycles. The molecule has 33 heavy (non-hydrogen) atoms. The molecule has 174 valence electrons. The number of anilines is 1. The number of carbonyl (C=O) groups excluding carboxylic acids is 2. The molecule has 1 amide bonds. The number of esters is 1. The Kier molecular flexibility index (Phi) is 7.84. The zero-order valence-electron chi connectivity index (χ0n) is 19.1. The summed E-state index contributed by atoms with van der Waals surface area (Å²) in [4.78, 5) is 25.6. The van der Waals surface area contributed by atoms with Gasteiger partial charge in [0.15, 0.2) is 5.15 Å². The van der Waals surface area contributed by atoms with Crippen LogP contribution in [-0.2, 0) is 20.7 Å². The number of benzene rings is 2. The average molecular weight is 470 g/mol. The van der Waals surface area contributed by atoms with Gasteiger partial charge in [-0.2, -0.15) is 0 Å². The van der Waals surface area contributed by atoms with Gasteiger partial charge in [0.1, 0.15) is 11.6 Å². The predicted molar refractivity (Wildman–Crippen MR) is 128 cm³/mol. The fourth-order valence-corrected chi connectivity index (χ4v) is 3.31. The summed E-state index contributed by atoms with van der Waals surface area (Å²) in [5, 5.41) is 13.9. The van der Waals surface area contributed by atoms with Gasteiger partial charge in [-0.05, 0) is 57.4 Å². The van der Waals surface area contributed by atoms with E-state index in [0.717, 1.165) is 11.1 Å². The molecule has 0 aliphatic heterocycles. The molecule has 0 aliphatic rings. The maximum atomic E-state index is 12.8. The highest BCUT2D eigenvalue weighted by molar-refractivity contribution is 6.29. The molecule has 1 aromatic heterocycles. The first-order valence-corrected chi connectivity index (χ1v) is 11.0. The first kappa shape index (κ1) is 24.4. The van der Waals surface area contributed by atoms with Gasteiger partial charge in [0.05, 0.1) is 24.1 Å². The van der Waals surface area contributed by atoms with Gasteiger partial charge in [-0.1, -0.05) is 53.2 Å². The maximum Gasteiger partial charge on any atom is 0.324 e. The Labute approximate surface area is 198 Å². The largest absolute Gasteiger partial charge is 0.459 e. The van der Waals surface area contributed by atoms with Gasteiger partial charge in [-0.15, -0.1) is 5.10 Å². The number of aromatic nitrogens is 3. The Bertz CT molecular complexity index is 1110. The van der Waals surface area contributed by atoms with Gasteiger partial charge in [0, 0.05) is 0 Å². The van der Waals surface area contributed by atoms with Crippen molar-refractivity contribution in [2.75, 3.05) is 11.9 Å². The van der Waals surface area contributed by atoms with Crippen LogP contribution < -0.4 is 10.6 Å². The van der Waals surface area contributed by atoms with Gasteiger partial charge in [-0.3, -0.25) is 14.9 Å². The molecule has 0 fully saturated rings. The molecule has 0 saturated heterocycles. The molecular weight excluding hydrogens is 442 g/mol. The third-order valence-corrected chi connectivity index (χ3v) is 4.79. The van der Waals surface area contributed by atoms with E-state index < -0.39 is 17.6 Å². The lowest BCUT2D eigenvalue weighted by Crippen LogP contribution is -2.45. The molecule has 0 radical (unpaired) electrons. The summed E-state index contributed by atoms with van der Waals surface area (Å²) in [5.74, 6) is -0.720. The standard InChI is InChI=1S/C24H28ClN5O3/c1-16-10-11-20(30-15-21(25)28-29-30)18(12-16)27-22(31)14-26-19(23(32)33-24(2,3)4)13-17-8-6-5-7-9-17/h5-12,15,19,26H,13-14H2,1-4H3,(H,27,31). The van der Waals surface area contributed by atoms with Crippen LogP contribution >= 0.6 is 11.6 Å². The zero-order valence-corrected chi connectivity index (χ0v) is 19.9. The van der Waals surface area contributed by atoms with Crippen molar-refractivity contribution in [1.29, 1.82) is 0 Å². The number of halogens is 1. The van der Waals surface area contributed by atoms with Crippen LogP contribution in [-0.4, -0.2) is 45.1 Å². The molecule has 8 nitrogen and oxygen atoms in total. The number of carbonyl (C=O) groups is 2. The van der Waals surface area contributed by atoms with E-state index in [1.165, 1.54) is 4.68 Å². The minimum Gasteiger partial charge on any atom is -0.459 e. The van der Waals surface area contributed by atoms with Crippen molar-refractivity contribution in [3.63, 3.8) is 0 Å². The van der Waals surface area contributed by atoms with Crippen molar-refractivity contribution in [2.45, 2.75) is 45.8 Å². The molecule has 1 atom stereocenters. The molecule has 1 heterocycles. The summed E-state index contributed by atoms with van der Waals surface area (Å²) < 4.78 is 7.04. The van der Waals surface area contributed by atoms with E-state index in [2.05, 4.69) is 20.9 Å². The monoisotopic (exact) mass is 469 g/mol. The van der Waals surface area contributed by atoms with E-state index in [4.69, 9.17) is 16.3 Å². The molecule has 2 aromatic carbocycles. The van der Waals surface area contributed by atoms with Gasteiger partial charge in [0.2, 0.25) is 5.91 Å². The Morgan fingerprint density at radius 1 is 1.15 bits per heavy atom. The topological polar surface area (TPSA) is 98.1 Å². The minimum atomic E-state index is -0.677. The molecule has 0 spiro atoms. The molecule has 3 aromatic rings.